The Hall–Kier alpha value is -5.55. The summed E-state index contributed by atoms with van der Waals surface area (Å²) < 4.78 is 98.6. The van der Waals surface area contributed by atoms with Gasteiger partial charge in [0.15, 0.2) is 16.6 Å². The van der Waals surface area contributed by atoms with Gasteiger partial charge in [-0.25, -0.2) is 31.5 Å². The molecule has 0 fully saturated rings. The fraction of sp³-hybridized carbons (Fsp3) is 0.256. The largest absolute Gasteiger partial charge is 0.501 e. The summed E-state index contributed by atoms with van der Waals surface area (Å²) in [6.07, 6.45) is 7.45. The van der Waals surface area contributed by atoms with Crippen molar-refractivity contribution in [1.82, 2.24) is 29.0 Å². The number of anilines is 3. The highest BCUT2D eigenvalue weighted by atomic mass is 32.2. The molecule has 15 nitrogen and oxygen atoms in total. The van der Waals surface area contributed by atoms with Gasteiger partial charge in [-0.15, -0.1) is 23.1 Å². The number of nitrogens with one attached hydrogen (secondary N) is 3. The minimum atomic E-state index is -6.08. The lowest BCUT2D eigenvalue weighted by Gasteiger charge is -2.29. The van der Waals surface area contributed by atoms with Crippen LogP contribution in [0.4, 0.5) is 29.8 Å². The number of sulfonamides is 1. The number of carbonyl (C=O) groups excluding carboxylic acids is 2. The highest BCUT2D eigenvalue weighted by Crippen LogP contribution is 2.37. The van der Waals surface area contributed by atoms with E-state index in [4.69, 9.17) is 0 Å². The molecule has 2 amide bonds. The molecule has 61 heavy (non-hydrogen) atoms. The van der Waals surface area contributed by atoms with Gasteiger partial charge in [-0.1, -0.05) is 30.3 Å². The molecule has 3 aromatic carbocycles. The first kappa shape index (κ1) is 43.5. The summed E-state index contributed by atoms with van der Waals surface area (Å²) in [5.41, 5.74) is -3.90. The van der Waals surface area contributed by atoms with Gasteiger partial charge in [-0.2, -0.15) is 13.2 Å². The number of sulfone groups is 1. The smallest absolute Gasteiger partial charge is 0.380 e. The summed E-state index contributed by atoms with van der Waals surface area (Å²) in [6.45, 7) is 1.21. The third kappa shape index (κ3) is 9.99. The molecule has 0 saturated carbocycles. The lowest BCUT2D eigenvalue weighted by Crippen LogP contribution is -2.33. The van der Waals surface area contributed by atoms with Gasteiger partial charge in [0.05, 0.1) is 23.0 Å². The summed E-state index contributed by atoms with van der Waals surface area (Å²) >= 11 is 2.46. The quantitative estimate of drug-likeness (QED) is 0.103. The van der Waals surface area contributed by atoms with Gasteiger partial charge in [0.2, 0.25) is 0 Å². The number of halogens is 3. The average molecular weight is 914 g/mol. The molecule has 1 atom stereocenters. The molecular weight excluding hydrogens is 876 g/mol. The van der Waals surface area contributed by atoms with Crippen LogP contribution in [0.25, 0.3) is 5.65 Å². The van der Waals surface area contributed by atoms with E-state index in [-0.39, 0.29) is 18.1 Å². The van der Waals surface area contributed by atoms with Crippen LogP contribution in [0, 0.1) is 0 Å². The number of amides is 2. The topological polar surface area (TPSA) is 188 Å². The van der Waals surface area contributed by atoms with Crippen molar-refractivity contribution in [2.45, 2.75) is 45.6 Å². The molecule has 6 aromatic rings. The van der Waals surface area contributed by atoms with E-state index in [1.165, 1.54) is 17.1 Å². The van der Waals surface area contributed by atoms with Crippen molar-refractivity contribution < 1.29 is 39.6 Å². The molecule has 3 N–H and O–H groups in total. The standard InChI is InChI=1S/C39H38F3N9O6S4/c1-49(2)16-14-26(23-58-27-8-4-3-5-9-27)44-31-12-11-28(19-33(31)60(54,55)39(40,41)42)61(56,57)48-37(53)32-24-59-38(45-32)51-17-13-25-7-6-10-29(30(25)21-51)36(52)47-34-22-50-18-15-43-20-35(50)46-34/h3-12,15,18-20,22,24,26,44H,13-14,16-17,21,23H2,1-2H3,(H,47,52)(H,48,53)/t26-/m1/s1. The summed E-state index contributed by atoms with van der Waals surface area (Å²) in [5, 5.41) is 7.40. The molecule has 0 unspecified atom stereocenters. The van der Waals surface area contributed by atoms with Crippen LogP contribution < -0.4 is 20.3 Å². The van der Waals surface area contributed by atoms with E-state index in [9.17, 15) is 39.6 Å². The zero-order chi connectivity index (χ0) is 43.5. The van der Waals surface area contributed by atoms with Gasteiger partial charge in [-0.05, 0) is 81.0 Å². The van der Waals surface area contributed by atoms with E-state index >= 15 is 0 Å². The molecule has 0 radical (unpaired) electrons. The highest BCUT2D eigenvalue weighted by Gasteiger charge is 2.48. The Morgan fingerprint density at radius 3 is 2.52 bits per heavy atom. The number of hydrogen-bond acceptors (Lipinski definition) is 14. The number of imidazole rings is 1. The third-order valence-corrected chi connectivity index (χ3v) is 14.5. The normalized spacial score (nSPS) is 13.8. The first-order chi connectivity index (χ1) is 29.0. The van der Waals surface area contributed by atoms with Crippen molar-refractivity contribution in [2.24, 2.45) is 0 Å². The van der Waals surface area contributed by atoms with Gasteiger partial charge in [0.25, 0.3) is 31.7 Å². The number of thiazole rings is 1. The van der Waals surface area contributed by atoms with E-state index in [1.54, 1.807) is 41.3 Å². The Labute approximate surface area is 357 Å². The van der Waals surface area contributed by atoms with Crippen LogP contribution >= 0.6 is 23.1 Å². The van der Waals surface area contributed by atoms with E-state index in [2.05, 4.69) is 25.6 Å². The zero-order valence-electron chi connectivity index (χ0n) is 32.5. The van der Waals surface area contributed by atoms with Gasteiger partial charge in [0.1, 0.15) is 10.6 Å². The monoisotopic (exact) mass is 913 g/mol. The van der Waals surface area contributed by atoms with Crippen molar-refractivity contribution in [2.75, 3.05) is 48.5 Å². The van der Waals surface area contributed by atoms with Crippen LogP contribution in [0.1, 0.15) is 38.4 Å². The number of hydrogen-bond donors (Lipinski definition) is 3. The Balaban J connectivity index is 1.08. The maximum absolute atomic E-state index is 14.1. The summed E-state index contributed by atoms with van der Waals surface area (Å²) in [4.78, 5) is 41.9. The minimum absolute atomic E-state index is 0.235. The fourth-order valence-electron chi connectivity index (χ4n) is 6.47. The molecule has 320 valence electrons. The van der Waals surface area contributed by atoms with E-state index in [0.717, 1.165) is 39.5 Å². The number of alkyl halides is 3. The fourth-order valence-corrected chi connectivity index (χ4v) is 10.3. The lowest BCUT2D eigenvalue weighted by atomic mass is 9.94. The van der Waals surface area contributed by atoms with Gasteiger partial charge in [0, 0.05) is 53.1 Å². The van der Waals surface area contributed by atoms with E-state index < -0.39 is 52.8 Å². The molecule has 3 aromatic heterocycles. The predicted octanol–water partition coefficient (Wildman–Crippen LogP) is 5.94. The van der Waals surface area contributed by atoms with Crippen LogP contribution in [-0.4, -0.2) is 97.4 Å². The van der Waals surface area contributed by atoms with Crippen LogP contribution in [-0.2, 0) is 32.8 Å². The number of thioether (sulfide) groups is 1. The van der Waals surface area contributed by atoms with Crippen LogP contribution in [0.2, 0.25) is 0 Å². The minimum Gasteiger partial charge on any atom is -0.380 e. The average Bonchev–Trinajstić information content (AvgIpc) is 3.89. The van der Waals surface area contributed by atoms with Crippen LogP contribution in [0.5, 0.6) is 0 Å². The SMILES string of the molecule is CN(C)CC[C@H](CSc1ccccc1)Nc1ccc(S(=O)(=O)NC(=O)c2csc(N3CCc4cccc(C(=O)Nc5cn6ccncc6n5)c4C3)n2)cc1S(=O)(=O)C(F)(F)F. The van der Waals surface area contributed by atoms with Crippen molar-refractivity contribution in [3.8, 4) is 0 Å². The summed E-state index contributed by atoms with van der Waals surface area (Å²) in [5.74, 6) is -0.900. The molecule has 0 bridgehead atoms. The summed E-state index contributed by atoms with van der Waals surface area (Å²) in [7, 11) is -7.38. The predicted molar refractivity (Wildman–Crippen MR) is 226 cm³/mol. The first-order valence-corrected chi connectivity index (χ1v) is 23.3. The number of fused-ring (bicyclic) bond motifs is 2. The van der Waals surface area contributed by atoms with Gasteiger partial charge in [-0.3, -0.25) is 14.6 Å². The molecule has 4 heterocycles. The number of aromatic nitrogens is 4. The Kier molecular flexibility index (Phi) is 12.7. The van der Waals surface area contributed by atoms with Crippen molar-refractivity contribution in [3.63, 3.8) is 0 Å². The van der Waals surface area contributed by atoms with E-state index in [0.29, 0.717) is 59.9 Å². The number of carbonyl (C=O) groups is 2. The second-order valence-corrected chi connectivity index (χ2v) is 19.7. The number of benzene rings is 3. The van der Waals surface area contributed by atoms with Crippen molar-refractivity contribution >= 4 is 77.1 Å². The molecule has 7 rings (SSSR count). The Morgan fingerprint density at radius 1 is 1.00 bits per heavy atom. The van der Waals surface area contributed by atoms with Crippen LogP contribution in [0.15, 0.2) is 112 Å². The Bertz CT molecular complexity index is 2770. The third-order valence-electron chi connectivity index (χ3n) is 9.58. The maximum atomic E-state index is 14.1. The second kappa shape index (κ2) is 17.8. The maximum Gasteiger partial charge on any atom is 0.501 e. The number of rotatable bonds is 15. The van der Waals surface area contributed by atoms with Crippen molar-refractivity contribution in [3.05, 3.63) is 119 Å². The van der Waals surface area contributed by atoms with Gasteiger partial charge < -0.3 is 24.8 Å². The van der Waals surface area contributed by atoms with Gasteiger partial charge >= 0.3 is 5.51 Å². The first-order valence-electron chi connectivity index (χ1n) is 18.5. The molecular formula is C39H38F3N9O6S4. The molecule has 0 spiro atoms. The van der Waals surface area contributed by atoms with E-state index in [1.807, 2.05) is 65.0 Å². The van der Waals surface area contributed by atoms with Crippen molar-refractivity contribution in [1.29, 1.82) is 0 Å². The Morgan fingerprint density at radius 2 is 1.79 bits per heavy atom. The molecule has 0 saturated heterocycles. The lowest BCUT2D eigenvalue weighted by molar-refractivity contribution is -0.0436. The zero-order valence-corrected chi connectivity index (χ0v) is 35.7. The highest BCUT2D eigenvalue weighted by molar-refractivity contribution is 7.99. The van der Waals surface area contributed by atoms with Crippen LogP contribution in [0.3, 0.4) is 0 Å². The second-order valence-electron chi connectivity index (χ2n) is 14.2. The molecule has 22 heteroatoms. The number of nitrogens with zero attached hydrogens (tertiary/aromatic N) is 6. The molecule has 1 aliphatic heterocycles. The summed E-state index contributed by atoms with van der Waals surface area (Å²) in [6, 6.07) is 16.4. The molecule has 0 aliphatic carbocycles. The molecule has 1 aliphatic rings.